The van der Waals surface area contributed by atoms with Crippen LogP contribution in [-0.2, 0) is 6.54 Å². The van der Waals surface area contributed by atoms with Crippen molar-refractivity contribution in [3.63, 3.8) is 0 Å². The molecule has 2 N–H and O–H groups in total. The maximum absolute atomic E-state index is 13.5. The summed E-state index contributed by atoms with van der Waals surface area (Å²) < 4.78 is 2.01. The van der Waals surface area contributed by atoms with Crippen LogP contribution in [0.15, 0.2) is 73.1 Å². The fraction of sp³-hybridized carbons (Fsp3) is 0.286. The van der Waals surface area contributed by atoms with Gasteiger partial charge >= 0.3 is 0 Å². The minimum atomic E-state index is -0.251. The summed E-state index contributed by atoms with van der Waals surface area (Å²) in [7, 11) is 3.75. The first kappa shape index (κ1) is 32.5. The average molecular weight is 636 g/mol. The number of amides is 2. The second-order valence-corrected chi connectivity index (χ2v) is 12.4. The van der Waals surface area contributed by atoms with Crippen LogP contribution >= 0.6 is 11.3 Å². The zero-order chi connectivity index (χ0) is 32.6. The topological polar surface area (TPSA) is 127 Å². The fourth-order valence-corrected chi connectivity index (χ4v) is 6.14. The lowest BCUT2D eigenvalue weighted by Crippen LogP contribution is -2.26. The van der Waals surface area contributed by atoms with Crippen molar-refractivity contribution in [1.82, 2.24) is 19.4 Å². The molecule has 3 aromatic heterocycles. The fourth-order valence-electron chi connectivity index (χ4n) is 5.25. The molecule has 2 amide bonds. The second kappa shape index (κ2) is 14.9. The summed E-state index contributed by atoms with van der Waals surface area (Å²) in [4.78, 5) is 41.1. The van der Waals surface area contributed by atoms with Gasteiger partial charge in [-0.25, -0.2) is 4.98 Å². The van der Waals surface area contributed by atoms with Crippen LogP contribution in [0.3, 0.4) is 0 Å². The molecule has 0 aliphatic rings. The molecule has 11 heteroatoms. The van der Waals surface area contributed by atoms with Crippen molar-refractivity contribution in [3.05, 3.63) is 94.6 Å². The Labute approximate surface area is 272 Å². The van der Waals surface area contributed by atoms with Gasteiger partial charge in [-0.15, -0.1) is 11.3 Å². The van der Waals surface area contributed by atoms with Crippen LogP contribution in [0.5, 0.6) is 0 Å². The number of rotatable bonds is 13. The Morgan fingerprint density at radius 3 is 2.63 bits per heavy atom. The first-order chi connectivity index (χ1) is 22.3. The van der Waals surface area contributed by atoms with Gasteiger partial charge in [0, 0.05) is 54.3 Å². The van der Waals surface area contributed by atoms with Crippen LogP contribution in [-0.4, -0.2) is 70.1 Å². The summed E-state index contributed by atoms with van der Waals surface area (Å²) in [6.45, 7) is 4.54. The van der Waals surface area contributed by atoms with Crippen molar-refractivity contribution in [1.29, 1.82) is 5.26 Å². The van der Waals surface area contributed by atoms with Crippen molar-refractivity contribution in [2.75, 3.05) is 44.0 Å². The molecule has 0 aliphatic carbocycles. The number of hydrogen-bond donors (Lipinski definition) is 2. The summed E-state index contributed by atoms with van der Waals surface area (Å²) >= 11 is 1.40. The number of aliphatic hydroxyl groups is 1. The lowest BCUT2D eigenvalue weighted by atomic mass is 10.1. The number of hydrogen-bond acceptors (Lipinski definition) is 8. The number of aromatic nitrogens is 3. The van der Waals surface area contributed by atoms with E-state index in [1.165, 1.54) is 16.2 Å². The molecule has 0 fully saturated rings. The zero-order valence-corrected chi connectivity index (χ0v) is 27.0. The molecule has 0 bridgehead atoms. The number of nitrogens with one attached hydrogen (secondary N) is 1. The number of nitrogens with zero attached hydrogens (tertiary/aromatic N) is 6. The Morgan fingerprint density at radius 1 is 1.02 bits per heavy atom. The predicted octanol–water partition coefficient (Wildman–Crippen LogP) is 5.96. The van der Waals surface area contributed by atoms with Crippen LogP contribution in [0.2, 0.25) is 0 Å². The number of aryl methyl sites for hydroxylation is 2. The monoisotopic (exact) mass is 635 g/mol. The van der Waals surface area contributed by atoms with Gasteiger partial charge in [-0.3, -0.25) is 19.9 Å². The third-order valence-corrected chi connectivity index (χ3v) is 8.88. The number of carbonyl (C=O) groups is 2. The van der Waals surface area contributed by atoms with Gasteiger partial charge in [0.25, 0.3) is 11.8 Å². The molecule has 0 aliphatic heterocycles. The second-order valence-electron chi connectivity index (χ2n) is 11.3. The number of pyridine rings is 1. The Morgan fingerprint density at radius 2 is 1.85 bits per heavy atom. The Balaban J connectivity index is 1.40. The third kappa shape index (κ3) is 7.66. The van der Waals surface area contributed by atoms with Crippen LogP contribution in [0.1, 0.15) is 50.4 Å². The Bertz CT molecular complexity index is 1890. The minimum Gasteiger partial charge on any atom is -0.396 e. The normalized spacial score (nSPS) is 11.1. The summed E-state index contributed by atoms with van der Waals surface area (Å²) in [5.74, 6) is -0.0617. The molecular formula is C35H37N7O3S. The SMILES string of the molecule is Cc1cncc(-c2ccc(C(=O)Nc3nc4cc(N(C)C(=O)c5cccc(C#N)c5)ccc4n3CCCN(C)CCCCO)s2)c1. The standard InChI is InChI=1S/C35H37N7O3S/c1-24-18-27(23-37-22-24)31-12-13-32(46-31)33(44)39-35-38-29-20-28(41(3)34(45)26-9-6-8-25(19-26)21-36)10-11-30(29)42(35)16-7-15-40(2)14-4-5-17-43/h6,8-13,18-20,22-23,43H,4-5,7,14-17H2,1-3H3,(H,38,39,44). The van der Waals surface area contributed by atoms with E-state index in [9.17, 15) is 14.9 Å². The largest absolute Gasteiger partial charge is 0.396 e. The molecule has 10 nitrogen and oxygen atoms in total. The molecule has 236 valence electrons. The van der Waals surface area contributed by atoms with E-state index >= 15 is 0 Å². The summed E-state index contributed by atoms with van der Waals surface area (Å²) in [5, 5.41) is 21.4. The van der Waals surface area contributed by atoms with Gasteiger partial charge in [-0.05, 0) is 106 Å². The molecule has 0 saturated carbocycles. The smallest absolute Gasteiger partial charge is 0.268 e. The van der Waals surface area contributed by atoms with E-state index in [0.29, 0.717) is 39.7 Å². The lowest BCUT2D eigenvalue weighted by Gasteiger charge is -2.18. The van der Waals surface area contributed by atoms with Crippen LogP contribution in [0.4, 0.5) is 11.6 Å². The Kier molecular flexibility index (Phi) is 10.5. The van der Waals surface area contributed by atoms with Gasteiger partial charge in [0.05, 0.1) is 27.5 Å². The third-order valence-electron chi connectivity index (χ3n) is 7.75. The van der Waals surface area contributed by atoms with Gasteiger partial charge < -0.3 is 19.5 Å². The molecule has 5 aromatic rings. The molecule has 0 saturated heterocycles. The number of benzene rings is 2. The molecule has 0 spiro atoms. The van der Waals surface area contributed by atoms with E-state index in [-0.39, 0.29) is 18.4 Å². The number of aliphatic hydroxyl groups excluding tert-OH is 1. The first-order valence-electron chi connectivity index (χ1n) is 15.2. The molecular weight excluding hydrogens is 598 g/mol. The lowest BCUT2D eigenvalue weighted by molar-refractivity contribution is 0.0991. The summed E-state index contributed by atoms with van der Waals surface area (Å²) in [6.07, 6.45) is 6.12. The number of fused-ring (bicyclic) bond motifs is 1. The van der Waals surface area contributed by atoms with Crippen molar-refractivity contribution in [3.8, 4) is 16.5 Å². The number of nitriles is 1. The quantitative estimate of drug-likeness (QED) is 0.153. The van der Waals surface area contributed by atoms with E-state index in [1.54, 1.807) is 43.7 Å². The highest BCUT2D eigenvalue weighted by molar-refractivity contribution is 7.17. The Hall–Kier alpha value is -4.89. The molecule has 0 radical (unpaired) electrons. The van der Waals surface area contributed by atoms with E-state index in [1.807, 2.05) is 47.9 Å². The molecule has 0 unspecified atom stereocenters. The van der Waals surface area contributed by atoms with Crippen molar-refractivity contribution in [2.45, 2.75) is 32.7 Å². The van der Waals surface area contributed by atoms with E-state index in [0.717, 1.165) is 53.9 Å². The summed E-state index contributed by atoms with van der Waals surface area (Å²) in [5.41, 5.74) is 4.97. The van der Waals surface area contributed by atoms with Gasteiger partial charge in [0.2, 0.25) is 5.95 Å². The van der Waals surface area contributed by atoms with Crippen LogP contribution in [0, 0.1) is 18.3 Å². The van der Waals surface area contributed by atoms with Gasteiger partial charge in [0.1, 0.15) is 0 Å². The minimum absolute atomic E-state index is 0.195. The molecule has 46 heavy (non-hydrogen) atoms. The van der Waals surface area contributed by atoms with E-state index < -0.39 is 0 Å². The van der Waals surface area contributed by atoms with Gasteiger partial charge in [0.15, 0.2) is 0 Å². The van der Waals surface area contributed by atoms with Gasteiger partial charge in [-0.2, -0.15) is 5.26 Å². The average Bonchev–Trinajstić information content (AvgIpc) is 3.69. The van der Waals surface area contributed by atoms with E-state index in [4.69, 9.17) is 10.1 Å². The zero-order valence-electron chi connectivity index (χ0n) is 26.2. The predicted molar refractivity (Wildman–Crippen MR) is 182 cm³/mol. The number of imidazole rings is 1. The maximum atomic E-state index is 13.5. The van der Waals surface area contributed by atoms with Crippen LogP contribution in [0.25, 0.3) is 21.5 Å². The van der Waals surface area contributed by atoms with E-state index in [2.05, 4.69) is 28.3 Å². The summed E-state index contributed by atoms with van der Waals surface area (Å²) in [6, 6.07) is 20.1. The highest BCUT2D eigenvalue weighted by Crippen LogP contribution is 2.30. The number of anilines is 2. The van der Waals surface area contributed by atoms with Crippen LogP contribution < -0.4 is 10.2 Å². The van der Waals surface area contributed by atoms with Crippen molar-refractivity contribution >= 4 is 45.8 Å². The molecule has 3 heterocycles. The molecule has 5 rings (SSSR count). The number of thiophene rings is 1. The molecule has 2 aromatic carbocycles. The molecule has 0 atom stereocenters. The van der Waals surface area contributed by atoms with Crippen molar-refractivity contribution in [2.24, 2.45) is 0 Å². The highest BCUT2D eigenvalue weighted by atomic mass is 32.1. The number of carbonyl (C=O) groups excluding carboxylic acids is 2. The maximum Gasteiger partial charge on any atom is 0.268 e. The van der Waals surface area contributed by atoms with Crippen molar-refractivity contribution < 1.29 is 14.7 Å². The van der Waals surface area contributed by atoms with Gasteiger partial charge in [-0.1, -0.05) is 6.07 Å². The highest BCUT2D eigenvalue weighted by Gasteiger charge is 2.19. The first-order valence-corrected chi connectivity index (χ1v) is 16.0. The number of unbranched alkanes of at least 4 members (excludes halogenated alkanes) is 1.